The van der Waals surface area contributed by atoms with Crippen molar-refractivity contribution in [1.29, 1.82) is 0 Å². The molecule has 0 unspecified atom stereocenters. The van der Waals surface area contributed by atoms with Crippen LogP contribution in [-0.4, -0.2) is 20.9 Å². The lowest BCUT2D eigenvalue weighted by Gasteiger charge is -2.10. The molecule has 3 rings (SSSR count). The first-order chi connectivity index (χ1) is 10.6. The van der Waals surface area contributed by atoms with E-state index < -0.39 is 5.56 Å². The van der Waals surface area contributed by atoms with E-state index in [1.54, 1.807) is 4.57 Å². The summed E-state index contributed by atoms with van der Waals surface area (Å²) in [6, 6.07) is 9.86. The number of aliphatic imine (C=N–C) groups is 1. The normalized spacial score (nSPS) is 16.0. The summed E-state index contributed by atoms with van der Waals surface area (Å²) >= 11 is 5.12. The first-order valence-corrected chi connectivity index (χ1v) is 7.64. The van der Waals surface area contributed by atoms with Crippen molar-refractivity contribution in [3.05, 3.63) is 56.6 Å². The molecule has 1 aliphatic carbocycles. The molecule has 0 amide bonds. The fourth-order valence-electron chi connectivity index (χ4n) is 2.34. The highest BCUT2D eigenvalue weighted by Gasteiger charge is 2.27. The minimum absolute atomic E-state index is 0.0970. The Morgan fingerprint density at radius 3 is 2.73 bits per heavy atom. The summed E-state index contributed by atoms with van der Waals surface area (Å²) in [7, 11) is 0. The van der Waals surface area contributed by atoms with E-state index in [0.29, 0.717) is 0 Å². The van der Waals surface area contributed by atoms with Crippen molar-refractivity contribution in [1.82, 2.24) is 9.55 Å². The van der Waals surface area contributed by atoms with Gasteiger partial charge in [-0.05, 0) is 37.5 Å². The number of aromatic nitrogens is 2. The maximum Gasteiger partial charge on any atom is 0.264 e. The zero-order chi connectivity index (χ0) is 15.7. The van der Waals surface area contributed by atoms with Gasteiger partial charge in [-0.2, -0.15) is 0 Å². The Labute approximate surface area is 133 Å². The molecule has 5 nitrogen and oxygen atoms in total. The molecule has 1 fully saturated rings. The number of rotatable bonds is 4. The number of hydrogen-bond acceptors (Lipinski definition) is 4. The Morgan fingerprint density at radius 2 is 2.09 bits per heavy atom. The molecule has 0 saturated heterocycles. The standard InChI is InChI=1S/C16H17N3O2S/c1-10(11-5-3-2-4-6-11)17-9-13-14(20)18-16(22)19(15(13)21)12-7-8-12/h2-6,9-10,12,21H,7-8H2,1H3,(H,18,20,22)/t10-/m0/s1. The summed E-state index contributed by atoms with van der Waals surface area (Å²) in [6.45, 7) is 1.94. The number of benzene rings is 1. The predicted octanol–water partition coefficient (Wildman–Crippen LogP) is 3.13. The molecule has 1 aliphatic rings. The van der Waals surface area contributed by atoms with Crippen LogP contribution in [-0.2, 0) is 0 Å². The summed E-state index contributed by atoms with van der Waals surface area (Å²) in [6.07, 6.45) is 3.36. The van der Waals surface area contributed by atoms with Gasteiger partial charge in [0.25, 0.3) is 5.56 Å². The first-order valence-electron chi connectivity index (χ1n) is 7.24. The molecule has 2 N–H and O–H groups in total. The van der Waals surface area contributed by atoms with Gasteiger partial charge in [-0.25, -0.2) is 0 Å². The molecule has 1 heterocycles. The van der Waals surface area contributed by atoms with Crippen LogP contribution in [0.5, 0.6) is 5.88 Å². The molecular formula is C16H17N3O2S. The molecule has 0 spiro atoms. The van der Waals surface area contributed by atoms with Crippen LogP contribution in [0.3, 0.4) is 0 Å². The highest BCUT2D eigenvalue weighted by molar-refractivity contribution is 7.71. The SMILES string of the molecule is C[C@H](N=Cc1c(O)n(C2CC2)c(=S)[nH]c1=O)c1ccccc1. The third kappa shape index (κ3) is 2.87. The molecule has 1 atom stereocenters. The molecule has 0 aliphatic heterocycles. The van der Waals surface area contributed by atoms with Crippen molar-refractivity contribution >= 4 is 18.4 Å². The molecule has 1 aromatic heterocycles. The largest absolute Gasteiger partial charge is 0.494 e. The van der Waals surface area contributed by atoms with Gasteiger partial charge in [0, 0.05) is 12.3 Å². The van der Waals surface area contributed by atoms with Crippen LogP contribution in [0.1, 0.15) is 43.0 Å². The maximum absolute atomic E-state index is 12.0. The third-order valence-corrected chi connectivity index (χ3v) is 4.07. The van der Waals surface area contributed by atoms with E-state index >= 15 is 0 Å². The lowest BCUT2D eigenvalue weighted by Crippen LogP contribution is -2.18. The van der Waals surface area contributed by atoms with Crippen LogP contribution in [0.2, 0.25) is 0 Å². The van der Waals surface area contributed by atoms with E-state index in [1.807, 2.05) is 37.3 Å². The second-order valence-corrected chi connectivity index (χ2v) is 5.85. The van der Waals surface area contributed by atoms with Gasteiger partial charge in [0.15, 0.2) is 4.77 Å². The highest BCUT2D eigenvalue weighted by atomic mass is 32.1. The third-order valence-electron chi connectivity index (χ3n) is 3.77. The van der Waals surface area contributed by atoms with Crippen LogP contribution in [0.25, 0.3) is 0 Å². The number of nitrogens with zero attached hydrogens (tertiary/aromatic N) is 2. The van der Waals surface area contributed by atoms with Gasteiger partial charge in [0.1, 0.15) is 5.56 Å². The number of nitrogens with one attached hydrogen (secondary N) is 1. The van der Waals surface area contributed by atoms with Crippen molar-refractivity contribution < 1.29 is 5.11 Å². The fraction of sp³-hybridized carbons (Fsp3) is 0.312. The van der Waals surface area contributed by atoms with Crippen LogP contribution in [0.15, 0.2) is 40.1 Å². The van der Waals surface area contributed by atoms with Crippen LogP contribution in [0, 0.1) is 4.77 Å². The molecule has 114 valence electrons. The van der Waals surface area contributed by atoms with Gasteiger partial charge in [0.2, 0.25) is 5.88 Å². The van der Waals surface area contributed by atoms with Gasteiger partial charge in [0.05, 0.1) is 6.04 Å². The lowest BCUT2D eigenvalue weighted by atomic mass is 10.1. The summed E-state index contributed by atoms with van der Waals surface area (Å²) in [4.78, 5) is 19.0. The van der Waals surface area contributed by atoms with Crippen molar-refractivity contribution in [2.75, 3.05) is 0 Å². The molecule has 6 heteroatoms. The van der Waals surface area contributed by atoms with Crippen molar-refractivity contribution in [3.8, 4) is 5.88 Å². The molecule has 2 aromatic rings. The van der Waals surface area contributed by atoms with E-state index in [2.05, 4.69) is 9.98 Å². The van der Waals surface area contributed by atoms with Crippen molar-refractivity contribution in [2.24, 2.45) is 4.99 Å². The van der Waals surface area contributed by atoms with Gasteiger partial charge in [-0.3, -0.25) is 19.3 Å². The summed E-state index contributed by atoms with van der Waals surface area (Å²) in [5.41, 5.74) is 0.788. The van der Waals surface area contributed by atoms with Gasteiger partial charge >= 0.3 is 0 Å². The molecular weight excluding hydrogens is 298 g/mol. The van der Waals surface area contributed by atoms with Crippen molar-refractivity contribution in [3.63, 3.8) is 0 Å². The van der Waals surface area contributed by atoms with Crippen LogP contribution in [0.4, 0.5) is 0 Å². The predicted molar refractivity (Wildman–Crippen MR) is 88.3 cm³/mol. The zero-order valence-corrected chi connectivity index (χ0v) is 13.0. The van der Waals surface area contributed by atoms with E-state index in [4.69, 9.17) is 12.2 Å². The van der Waals surface area contributed by atoms with Crippen molar-refractivity contribution in [2.45, 2.75) is 31.8 Å². The minimum Gasteiger partial charge on any atom is -0.494 e. The average molecular weight is 315 g/mol. The minimum atomic E-state index is -0.414. The zero-order valence-electron chi connectivity index (χ0n) is 12.2. The van der Waals surface area contributed by atoms with Crippen LogP contribution >= 0.6 is 12.2 Å². The second-order valence-electron chi connectivity index (χ2n) is 5.46. The monoisotopic (exact) mass is 315 g/mol. The Kier molecular flexibility index (Phi) is 3.94. The molecule has 1 aromatic carbocycles. The average Bonchev–Trinajstić information content (AvgIpc) is 3.32. The fourth-order valence-corrected chi connectivity index (χ4v) is 2.67. The van der Waals surface area contributed by atoms with E-state index in [0.717, 1.165) is 18.4 Å². The maximum atomic E-state index is 12.0. The highest BCUT2D eigenvalue weighted by Crippen LogP contribution is 2.37. The van der Waals surface area contributed by atoms with Gasteiger partial charge < -0.3 is 5.11 Å². The second kappa shape index (κ2) is 5.88. The number of aromatic hydroxyl groups is 1. The number of H-pyrrole nitrogens is 1. The quantitative estimate of drug-likeness (QED) is 0.672. The lowest BCUT2D eigenvalue weighted by molar-refractivity contribution is 0.405. The Balaban J connectivity index is 1.95. The van der Waals surface area contributed by atoms with E-state index in [1.165, 1.54) is 6.21 Å². The Morgan fingerprint density at radius 1 is 1.41 bits per heavy atom. The molecule has 1 saturated carbocycles. The van der Waals surface area contributed by atoms with E-state index in [9.17, 15) is 9.90 Å². The number of hydrogen-bond donors (Lipinski definition) is 2. The van der Waals surface area contributed by atoms with Crippen LogP contribution < -0.4 is 5.56 Å². The van der Waals surface area contributed by atoms with E-state index in [-0.39, 0.29) is 28.3 Å². The van der Waals surface area contributed by atoms with Gasteiger partial charge in [-0.1, -0.05) is 30.3 Å². The first kappa shape index (κ1) is 14.7. The Bertz CT molecular complexity index is 820. The Hall–Kier alpha value is -2.21. The summed E-state index contributed by atoms with van der Waals surface area (Å²) in [5.74, 6) is -0.0970. The molecule has 0 radical (unpaired) electrons. The summed E-state index contributed by atoms with van der Waals surface area (Å²) in [5, 5.41) is 10.3. The molecule has 0 bridgehead atoms. The smallest absolute Gasteiger partial charge is 0.264 e. The number of aromatic amines is 1. The summed E-state index contributed by atoms with van der Waals surface area (Å²) < 4.78 is 1.86. The molecule has 22 heavy (non-hydrogen) atoms. The van der Waals surface area contributed by atoms with Gasteiger partial charge in [-0.15, -0.1) is 0 Å². The topological polar surface area (TPSA) is 70.4 Å².